The molecule has 1 aromatic heterocycles. The molecule has 0 atom stereocenters. The van der Waals surface area contributed by atoms with Gasteiger partial charge in [0.25, 0.3) is 0 Å². The fourth-order valence-corrected chi connectivity index (χ4v) is 1.56. The van der Waals surface area contributed by atoms with Crippen LogP contribution in [0.1, 0.15) is 17.8 Å². The summed E-state index contributed by atoms with van der Waals surface area (Å²) >= 11 is 1.47. The number of aliphatic carboxylic acids is 1. The maximum atomic E-state index is 11.2. The first-order valence-corrected chi connectivity index (χ1v) is 5.68. The van der Waals surface area contributed by atoms with Gasteiger partial charge in [-0.1, -0.05) is 0 Å². The number of hydrogen-bond acceptors (Lipinski definition) is 4. The van der Waals surface area contributed by atoms with Crippen molar-refractivity contribution in [1.82, 2.24) is 15.6 Å². The summed E-state index contributed by atoms with van der Waals surface area (Å²) in [6.07, 6.45) is 2.17. The van der Waals surface area contributed by atoms with Crippen molar-refractivity contribution < 1.29 is 14.7 Å². The SMILES string of the molecule is O=C(O)CCCNC(=O)NCc1nccs1. The van der Waals surface area contributed by atoms with E-state index >= 15 is 0 Å². The fourth-order valence-electron chi connectivity index (χ4n) is 1.00. The molecule has 2 amide bonds. The molecule has 0 aliphatic carbocycles. The monoisotopic (exact) mass is 243 g/mol. The second kappa shape index (κ2) is 6.78. The van der Waals surface area contributed by atoms with E-state index in [9.17, 15) is 9.59 Å². The number of carbonyl (C=O) groups excluding carboxylic acids is 1. The largest absolute Gasteiger partial charge is 0.481 e. The van der Waals surface area contributed by atoms with E-state index in [2.05, 4.69) is 15.6 Å². The molecule has 0 saturated heterocycles. The topological polar surface area (TPSA) is 91.3 Å². The maximum Gasteiger partial charge on any atom is 0.315 e. The van der Waals surface area contributed by atoms with Crippen molar-refractivity contribution in [3.63, 3.8) is 0 Å². The van der Waals surface area contributed by atoms with E-state index in [1.54, 1.807) is 6.20 Å². The second-order valence-electron chi connectivity index (χ2n) is 3.03. The zero-order valence-electron chi connectivity index (χ0n) is 8.60. The van der Waals surface area contributed by atoms with Gasteiger partial charge in [0.05, 0.1) is 6.54 Å². The lowest BCUT2D eigenvalue weighted by atomic mass is 10.3. The third kappa shape index (κ3) is 5.30. The molecule has 1 heterocycles. The molecule has 0 radical (unpaired) electrons. The molecule has 0 bridgehead atoms. The van der Waals surface area contributed by atoms with Crippen molar-refractivity contribution in [2.24, 2.45) is 0 Å². The average Bonchev–Trinajstić information content (AvgIpc) is 2.74. The van der Waals surface area contributed by atoms with E-state index in [1.165, 1.54) is 11.3 Å². The Kier molecular flexibility index (Phi) is 5.27. The number of amides is 2. The van der Waals surface area contributed by atoms with Gasteiger partial charge in [-0.05, 0) is 6.42 Å². The van der Waals surface area contributed by atoms with E-state index in [4.69, 9.17) is 5.11 Å². The molecule has 0 spiro atoms. The van der Waals surface area contributed by atoms with Crippen molar-refractivity contribution in [2.45, 2.75) is 19.4 Å². The predicted octanol–water partition coefficient (Wildman–Crippen LogP) is 0.807. The van der Waals surface area contributed by atoms with Gasteiger partial charge in [-0.2, -0.15) is 0 Å². The normalized spacial score (nSPS) is 9.75. The molecule has 0 aliphatic rings. The van der Waals surface area contributed by atoms with Crippen LogP contribution in [0.3, 0.4) is 0 Å². The third-order valence-corrected chi connectivity index (χ3v) is 2.52. The molecule has 16 heavy (non-hydrogen) atoms. The van der Waals surface area contributed by atoms with E-state index in [0.717, 1.165) is 5.01 Å². The first-order valence-electron chi connectivity index (χ1n) is 4.80. The molecule has 1 rings (SSSR count). The van der Waals surface area contributed by atoms with Crippen molar-refractivity contribution in [3.05, 3.63) is 16.6 Å². The summed E-state index contributed by atoms with van der Waals surface area (Å²) in [4.78, 5) is 25.4. The molecular formula is C9H13N3O3S. The van der Waals surface area contributed by atoms with Gasteiger partial charge in [0.2, 0.25) is 0 Å². The Labute approximate surface area is 96.7 Å². The van der Waals surface area contributed by atoms with Crippen LogP contribution in [0.15, 0.2) is 11.6 Å². The van der Waals surface area contributed by atoms with E-state index in [0.29, 0.717) is 19.5 Å². The lowest BCUT2D eigenvalue weighted by Crippen LogP contribution is -2.35. The molecule has 0 unspecified atom stereocenters. The van der Waals surface area contributed by atoms with Gasteiger partial charge in [0.15, 0.2) is 0 Å². The Morgan fingerprint density at radius 3 is 2.88 bits per heavy atom. The highest BCUT2D eigenvalue weighted by Gasteiger charge is 2.02. The number of nitrogens with one attached hydrogen (secondary N) is 2. The van der Waals surface area contributed by atoms with Gasteiger partial charge in [-0.15, -0.1) is 11.3 Å². The molecule has 6 nitrogen and oxygen atoms in total. The van der Waals surface area contributed by atoms with Crippen LogP contribution >= 0.6 is 11.3 Å². The molecule has 3 N–H and O–H groups in total. The fraction of sp³-hybridized carbons (Fsp3) is 0.444. The zero-order valence-corrected chi connectivity index (χ0v) is 9.42. The highest BCUT2D eigenvalue weighted by molar-refractivity contribution is 7.09. The average molecular weight is 243 g/mol. The predicted molar refractivity (Wildman–Crippen MR) is 59.2 cm³/mol. The van der Waals surface area contributed by atoms with Gasteiger partial charge in [0, 0.05) is 24.5 Å². The molecular weight excluding hydrogens is 230 g/mol. The van der Waals surface area contributed by atoms with Crippen LogP contribution in [0.4, 0.5) is 4.79 Å². The quantitative estimate of drug-likeness (QED) is 0.645. The summed E-state index contributed by atoms with van der Waals surface area (Å²) in [6, 6.07) is -0.305. The highest BCUT2D eigenvalue weighted by atomic mass is 32.1. The van der Waals surface area contributed by atoms with Crippen LogP contribution in [0.2, 0.25) is 0 Å². The van der Waals surface area contributed by atoms with Crippen LogP contribution in [-0.2, 0) is 11.3 Å². The Bertz CT molecular complexity index is 340. The number of aromatic nitrogens is 1. The zero-order chi connectivity index (χ0) is 11.8. The summed E-state index contributed by atoms with van der Waals surface area (Å²) in [7, 11) is 0. The first kappa shape index (κ1) is 12.4. The van der Waals surface area contributed by atoms with Crippen molar-refractivity contribution in [1.29, 1.82) is 0 Å². The number of rotatable bonds is 6. The smallest absolute Gasteiger partial charge is 0.315 e. The lowest BCUT2D eigenvalue weighted by molar-refractivity contribution is -0.137. The molecule has 0 fully saturated rings. The van der Waals surface area contributed by atoms with Crippen molar-refractivity contribution >= 4 is 23.3 Å². The number of thiazole rings is 1. The van der Waals surface area contributed by atoms with Crippen LogP contribution in [0.25, 0.3) is 0 Å². The number of carboxylic acid groups (broad SMARTS) is 1. The minimum absolute atomic E-state index is 0.0623. The van der Waals surface area contributed by atoms with E-state index in [1.807, 2.05) is 5.38 Å². The minimum Gasteiger partial charge on any atom is -0.481 e. The molecule has 0 saturated carbocycles. The maximum absolute atomic E-state index is 11.2. The Morgan fingerprint density at radius 2 is 2.25 bits per heavy atom. The lowest BCUT2D eigenvalue weighted by Gasteiger charge is -2.04. The molecule has 0 aliphatic heterocycles. The molecule has 0 aromatic carbocycles. The van der Waals surface area contributed by atoms with E-state index < -0.39 is 5.97 Å². The van der Waals surface area contributed by atoms with Gasteiger partial charge < -0.3 is 15.7 Å². The summed E-state index contributed by atoms with van der Waals surface area (Å²) in [6.45, 7) is 0.748. The molecule has 88 valence electrons. The third-order valence-electron chi connectivity index (χ3n) is 1.74. The summed E-state index contributed by atoms with van der Waals surface area (Å²) in [5.41, 5.74) is 0. The molecule has 1 aromatic rings. The number of carbonyl (C=O) groups is 2. The van der Waals surface area contributed by atoms with Gasteiger partial charge in [-0.3, -0.25) is 4.79 Å². The first-order chi connectivity index (χ1) is 7.68. The van der Waals surface area contributed by atoms with Crippen molar-refractivity contribution in [2.75, 3.05) is 6.54 Å². The number of carboxylic acids is 1. The summed E-state index contributed by atoms with van der Waals surface area (Å²) in [5.74, 6) is -0.856. The van der Waals surface area contributed by atoms with Gasteiger partial charge >= 0.3 is 12.0 Å². The number of urea groups is 1. The van der Waals surface area contributed by atoms with Crippen LogP contribution in [0.5, 0.6) is 0 Å². The molecule has 7 heteroatoms. The number of hydrogen-bond donors (Lipinski definition) is 3. The number of nitrogens with zero attached hydrogens (tertiary/aromatic N) is 1. The van der Waals surface area contributed by atoms with Crippen LogP contribution in [-0.4, -0.2) is 28.6 Å². The van der Waals surface area contributed by atoms with Crippen molar-refractivity contribution in [3.8, 4) is 0 Å². The van der Waals surface area contributed by atoms with Crippen LogP contribution < -0.4 is 10.6 Å². The van der Waals surface area contributed by atoms with Gasteiger partial charge in [-0.25, -0.2) is 9.78 Å². The standard InChI is InChI=1S/C9H13N3O3S/c13-8(14)2-1-3-11-9(15)12-6-7-10-4-5-16-7/h4-5H,1-3,6H2,(H,13,14)(H2,11,12,15). The summed E-state index contributed by atoms with van der Waals surface area (Å²) < 4.78 is 0. The minimum atomic E-state index is -0.856. The van der Waals surface area contributed by atoms with Gasteiger partial charge in [0.1, 0.15) is 5.01 Å². The summed E-state index contributed by atoms with van der Waals surface area (Å²) in [5, 5.41) is 16.2. The van der Waals surface area contributed by atoms with E-state index in [-0.39, 0.29) is 12.5 Å². The Morgan fingerprint density at radius 1 is 1.44 bits per heavy atom. The Balaban J connectivity index is 2.05. The van der Waals surface area contributed by atoms with Crippen LogP contribution in [0, 0.1) is 0 Å². The highest BCUT2D eigenvalue weighted by Crippen LogP contribution is 2.02. The second-order valence-corrected chi connectivity index (χ2v) is 4.01. The Hall–Kier alpha value is -1.63.